The molecule has 1 amide bonds. The maximum Gasteiger partial charge on any atom is 0.311 e. The highest BCUT2D eigenvalue weighted by Crippen LogP contribution is 2.36. The number of carboxylic acid groups (broad SMARTS) is 1. The average molecular weight is 291 g/mol. The van der Waals surface area contributed by atoms with E-state index in [-0.39, 0.29) is 11.3 Å². The summed E-state index contributed by atoms with van der Waals surface area (Å²) in [4.78, 5) is 23.8. The Kier molecular flexibility index (Phi) is 4.21. The van der Waals surface area contributed by atoms with Gasteiger partial charge in [-0.15, -0.1) is 0 Å². The second-order valence-electron chi connectivity index (χ2n) is 6.02. The lowest BCUT2D eigenvalue weighted by molar-refractivity contribution is -0.151. The second kappa shape index (κ2) is 5.76. The van der Waals surface area contributed by atoms with E-state index in [2.05, 4.69) is 5.32 Å². The molecule has 0 saturated heterocycles. The Morgan fingerprint density at radius 2 is 2.05 bits per heavy atom. The van der Waals surface area contributed by atoms with Crippen molar-refractivity contribution >= 4 is 11.9 Å². The van der Waals surface area contributed by atoms with Gasteiger partial charge in [-0.05, 0) is 44.4 Å². The maximum absolute atomic E-state index is 12.3. The predicted octanol–water partition coefficient (Wildman–Crippen LogP) is 2.46. The van der Waals surface area contributed by atoms with Gasteiger partial charge in [0.1, 0.15) is 5.75 Å². The lowest BCUT2D eigenvalue weighted by Gasteiger charge is -2.38. The van der Waals surface area contributed by atoms with Crippen LogP contribution >= 0.6 is 0 Å². The van der Waals surface area contributed by atoms with E-state index < -0.39 is 23.3 Å². The van der Waals surface area contributed by atoms with Crippen molar-refractivity contribution < 1.29 is 19.8 Å². The van der Waals surface area contributed by atoms with E-state index in [9.17, 15) is 19.8 Å². The molecule has 5 heteroatoms. The van der Waals surface area contributed by atoms with E-state index in [1.54, 1.807) is 19.1 Å². The molecule has 0 bridgehead atoms. The number of phenols is 1. The Morgan fingerprint density at radius 3 is 2.67 bits per heavy atom. The number of aliphatic carboxylic acids is 1. The van der Waals surface area contributed by atoms with Crippen LogP contribution in [0.2, 0.25) is 0 Å². The number of nitrogens with one attached hydrogen (secondary N) is 1. The Morgan fingerprint density at radius 1 is 1.33 bits per heavy atom. The van der Waals surface area contributed by atoms with Crippen LogP contribution in [0.1, 0.15) is 48.5 Å². The average Bonchev–Trinajstić information content (AvgIpc) is 2.41. The van der Waals surface area contributed by atoms with Gasteiger partial charge in [0.15, 0.2) is 0 Å². The molecule has 1 fully saturated rings. The summed E-state index contributed by atoms with van der Waals surface area (Å²) in [5.74, 6) is -1.40. The van der Waals surface area contributed by atoms with Gasteiger partial charge in [0.25, 0.3) is 5.91 Å². The molecule has 1 aliphatic carbocycles. The summed E-state index contributed by atoms with van der Waals surface area (Å²) in [6.45, 7) is 3.50. The zero-order chi connectivity index (χ0) is 15.6. The first-order valence-corrected chi connectivity index (χ1v) is 7.18. The largest absolute Gasteiger partial charge is 0.507 e. The van der Waals surface area contributed by atoms with Gasteiger partial charge in [0, 0.05) is 6.04 Å². The first kappa shape index (κ1) is 15.4. The number of amides is 1. The Hall–Kier alpha value is -2.04. The highest BCUT2D eigenvalue weighted by atomic mass is 16.4. The number of phenolic OH excluding ortho intramolecular Hbond substituents is 1. The molecule has 2 rings (SSSR count). The highest BCUT2D eigenvalue weighted by molar-refractivity contribution is 5.97. The van der Waals surface area contributed by atoms with Crippen LogP contribution < -0.4 is 5.32 Å². The number of benzene rings is 1. The van der Waals surface area contributed by atoms with Crippen molar-refractivity contribution in [1.82, 2.24) is 5.32 Å². The molecule has 0 spiro atoms. The molecule has 1 saturated carbocycles. The third-order valence-corrected chi connectivity index (χ3v) is 4.40. The standard InChI is InChI=1S/C16H21NO4/c1-10-6-7-11(12(18)9-10)14(19)17-13-5-3-4-8-16(13,2)15(20)21/h6-7,9,13,18H,3-5,8H2,1-2H3,(H,17,19)(H,20,21). The van der Waals surface area contributed by atoms with Gasteiger partial charge in [-0.25, -0.2) is 0 Å². The first-order valence-electron chi connectivity index (χ1n) is 7.18. The molecular formula is C16H21NO4. The second-order valence-corrected chi connectivity index (χ2v) is 6.02. The van der Waals surface area contributed by atoms with Crippen LogP contribution in [0.4, 0.5) is 0 Å². The highest BCUT2D eigenvalue weighted by Gasteiger charge is 2.44. The van der Waals surface area contributed by atoms with E-state index in [1.807, 2.05) is 6.92 Å². The quantitative estimate of drug-likeness (QED) is 0.798. The summed E-state index contributed by atoms with van der Waals surface area (Å²) >= 11 is 0. The van der Waals surface area contributed by atoms with Crippen molar-refractivity contribution in [1.29, 1.82) is 0 Å². The lowest BCUT2D eigenvalue weighted by atomic mass is 9.71. The number of carbonyl (C=O) groups excluding carboxylic acids is 1. The Labute approximate surface area is 124 Å². The van der Waals surface area contributed by atoms with Crippen LogP contribution in [0.25, 0.3) is 0 Å². The predicted molar refractivity (Wildman–Crippen MR) is 78.3 cm³/mol. The lowest BCUT2D eigenvalue weighted by Crippen LogP contribution is -2.52. The number of hydrogen-bond acceptors (Lipinski definition) is 3. The molecule has 3 N–H and O–H groups in total. The van der Waals surface area contributed by atoms with Crippen LogP contribution in [0.5, 0.6) is 5.75 Å². The molecule has 0 heterocycles. The van der Waals surface area contributed by atoms with Crippen molar-refractivity contribution in [3.05, 3.63) is 29.3 Å². The van der Waals surface area contributed by atoms with E-state index in [0.717, 1.165) is 18.4 Å². The molecule has 21 heavy (non-hydrogen) atoms. The molecule has 5 nitrogen and oxygen atoms in total. The molecule has 0 radical (unpaired) electrons. The fourth-order valence-corrected chi connectivity index (χ4v) is 2.89. The summed E-state index contributed by atoms with van der Waals surface area (Å²) in [7, 11) is 0. The van der Waals surface area contributed by atoms with Crippen molar-refractivity contribution in [3.63, 3.8) is 0 Å². The van der Waals surface area contributed by atoms with Gasteiger partial charge in [0.05, 0.1) is 11.0 Å². The molecular weight excluding hydrogens is 270 g/mol. The molecule has 0 aliphatic heterocycles. The summed E-state index contributed by atoms with van der Waals surface area (Å²) in [6, 6.07) is 4.40. The smallest absolute Gasteiger partial charge is 0.311 e. The first-order chi connectivity index (χ1) is 9.84. The van der Waals surface area contributed by atoms with Gasteiger partial charge >= 0.3 is 5.97 Å². The zero-order valence-corrected chi connectivity index (χ0v) is 12.3. The van der Waals surface area contributed by atoms with E-state index in [0.29, 0.717) is 12.8 Å². The number of carboxylic acids is 1. The van der Waals surface area contributed by atoms with Gasteiger partial charge in [-0.3, -0.25) is 9.59 Å². The van der Waals surface area contributed by atoms with Crippen LogP contribution in [-0.4, -0.2) is 28.1 Å². The van der Waals surface area contributed by atoms with Crippen molar-refractivity contribution in [3.8, 4) is 5.75 Å². The molecule has 2 atom stereocenters. The third-order valence-electron chi connectivity index (χ3n) is 4.40. The summed E-state index contributed by atoms with van der Waals surface area (Å²) in [5.41, 5.74) is 0.0878. The number of aryl methyl sites for hydroxylation is 1. The minimum absolute atomic E-state index is 0.0830. The summed E-state index contributed by atoms with van der Waals surface area (Å²) in [5, 5.41) is 22.1. The van der Waals surface area contributed by atoms with Gasteiger partial charge in [-0.1, -0.05) is 18.9 Å². The number of aromatic hydroxyl groups is 1. The number of hydrogen-bond donors (Lipinski definition) is 3. The van der Waals surface area contributed by atoms with Gasteiger partial charge < -0.3 is 15.5 Å². The molecule has 0 aromatic heterocycles. The zero-order valence-electron chi connectivity index (χ0n) is 12.3. The molecule has 1 aromatic carbocycles. The molecule has 1 aliphatic rings. The van der Waals surface area contributed by atoms with Crippen molar-refractivity contribution in [2.24, 2.45) is 5.41 Å². The Balaban J connectivity index is 2.19. The molecule has 2 unspecified atom stereocenters. The minimum Gasteiger partial charge on any atom is -0.507 e. The number of carbonyl (C=O) groups is 2. The van der Waals surface area contributed by atoms with Crippen LogP contribution in [0, 0.1) is 12.3 Å². The minimum atomic E-state index is -0.950. The SMILES string of the molecule is Cc1ccc(C(=O)NC2CCCCC2(C)C(=O)O)c(O)c1. The van der Waals surface area contributed by atoms with Crippen molar-refractivity contribution in [2.75, 3.05) is 0 Å². The fraction of sp³-hybridized carbons (Fsp3) is 0.500. The van der Waals surface area contributed by atoms with Crippen LogP contribution in [-0.2, 0) is 4.79 Å². The number of rotatable bonds is 3. The van der Waals surface area contributed by atoms with Gasteiger partial charge in [-0.2, -0.15) is 0 Å². The fourth-order valence-electron chi connectivity index (χ4n) is 2.89. The van der Waals surface area contributed by atoms with E-state index in [1.165, 1.54) is 6.07 Å². The van der Waals surface area contributed by atoms with Crippen LogP contribution in [0.15, 0.2) is 18.2 Å². The monoisotopic (exact) mass is 291 g/mol. The molecule has 114 valence electrons. The van der Waals surface area contributed by atoms with E-state index >= 15 is 0 Å². The van der Waals surface area contributed by atoms with Crippen molar-refractivity contribution in [2.45, 2.75) is 45.6 Å². The summed E-state index contributed by atoms with van der Waals surface area (Å²) < 4.78 is 0. The van der Waals surface area contributed by atoms with E-state index in [4.69, 9.17) is 0 Å². The van der Waals surface area contributed by atoms with Crippen LogP contribution in [0.3, 0.4) is 0 Å². The third kappa shape index (κ3) is 3.01. The summed E-state index contributed by atoms with van der Waals surface area (Å²) in [6.07, 6.45) is 2.94. The topological polar surface area (TPSA) is 86.6 Å². The normalized spacial score (nSPS) is 25.3. The molecule has 1 aromatic rings. The maximum atomic E-state index is 12.3. The Bertz CT molecular complexity index is 569. The van der Waals surface area contributed by atoms with Gasteiger partial charge in [0.2, 0.25) is 0 Å².